The Balaban J connectivity index is 2.29. The quantitative estimate of drug-likeness (QED) is 0.433. The first-order valence-electron chi connectivity index (χ1n) is 8.17. The first kappa shape index (κ1) is 17.6. The van der Waals surface area contributed by atoms with Gasteiger partial charge in [0, 0.05) is 55.9 Å². The zero-order chi connectivity index (χ0) is 18.5. The summed E-state index contributed by atoms with van der Waals surface area (Å²) in [6, 6.07) is 3.62. The average molecular weight is 353 g/mol. The summed E-state index contributed by atoms with van der Waals surface area (Å²) in [5.74, 6) is -0.0766. The number of fused-ring (bicyclic) bond motifs is 1. The molecule has 3 aromatic rings. The maximum Gasteiger partial charge on any atom is 0.252 e. The number of nitrogens with zero attached hydrogens (tertiary/aromatic N) is 3. The molecule has 3 N–H and O–H groups in total. The zero-order valence-corrected chi connectivity index (χ0v) is 14.3. The van der Waals surface area contributed by atoms with Crippen molar-refractivity contribution in [2.45, 2.75) is 13.0 Å². The Morgan fingerprint density at radius 2 is 2.23 bits per heavy atom. The van der Waals surface area contributed by atoms with Crippen LogP contribution in [0.4, 0.5) is 0 Å². The van der Waals surface area contributed by atoms with Crippen LogP contribution < -0.4 is 5.32 Å². The van der Waals surface area contributed by atoms with E-state index in [0.717, 1.165) is 5.39 Å². The number of pyridine rings is 1. The van der Waals surface area contributed by atoms with Gasteiger partial charge in [-0.2, -0.15) is 0 Å². The van der Waals surface area contributed by atoms with Gasteiger partial charge in [0.15, 0.2) is 6.29 Å². The van der Waals surface area contributed by atoms with Crippen molar-refractivity contribution in [2.75, 3.05) is 13.7 Å². The van der Waals surface area contributed by atoms with Gasteiger partial charge in [-0.1, -0.05) is 0 Å². The first-order chi connectivity index (χ1) is 12.7. The van der Waals surface area contributed by atoms with E-state index in [4.69, 9.17) is 5.11 Å². The SMILES string of the molecule is CNC(=O)/C(=C(\C=O)c1ncc[nH]1)c1cn(CCCO)c2ncccc12. The summed E-state index contributed by atoms with van der Waals surface area (Å²) >= 11 is 0. The monoisotopic (exact) mass is 353 g/mol. The van der Waals surface area contributed by atoms with Gasteiger partial charge >= 0.3 is 0 Å². The maximum absolute atomic E-state index is 12.6. The van der Waals surface area contributed by atoms with Gasteiger partial charge in [-0.25, -0.2) is 9.97 Å². The highest BCUT2D eigenvalue weighted by molar-refractivity contribution is 6.36. The summed E-state index contributed by atoms with van der Waals surface area (Å²) in [7, 11) is 1.51. The standard InChI is InChI=1S/C18H19N5O3/c1-19-18(26)15(14(11-25)16-20-6-7-21-16)13-10-23(8-3-9-24)17-12(13)4-2-5-22-17/h2,4-7,10-11,24H,3,8-9H2,1H3,(H,19,26)(H,20,21)/b15-14+. The van der Waals surface area contributed by atoms with Gasteiger partial charge < -0.3 is 20.0 Å². The number of aliphatic hydroxyl groups excluding tert-OH is 1. The fraction of sp³-hybridized carbons (Fsp3) is 0.222. The molecule has 0 unspecified atom stereocenters. The highest BCUT2D eigenvalue weighted by Crippen LogP contribution is 2.30. The first-order valence-corrected chi connectivity index (χ1v) is 8.17. The molecule has 0 atom stereocenters. The molecule has 0 aliphatic carbocycles. The number of aromatic nitrogens is 4. The third-order valence-corrected chi connectivity index (χ3v) is 4.05. The number of hydrogen-bond donors (Lipinski definition) is 3. The minimum absolute atomic E-state index is 0.0476. The minimum Gasteiger partial charge on any atom is -0.396 e. The van der Waals surface area contributed by atoms with Crippen LogP contribution in [0.5, 0.6) is 0 Å². The predicted octanol–water partition coefficient (Wildman–Crippen LogP) is 0.997. The van der Waals surface area contributed by atoms with E-state index in [1.54, 1.807) is 24.7 Å². The van der Waals surface area contributed by atoms with Crippen molar-refractivity contribution >= 4 is 34.4 Å². The van der Waals surface area contributed by atoms with Gasteiger partial charge in [-0.05, 0) is 18.6 Å². The van der Waals surface area contributed by atoms with E-state index in [2.05, 4.69) is 20.3 Å². The van der Waals surface area contributed by atoms with Gasteiger partial charge in [0.25, 0.3) is 5.91 Å². The molecule has 0 fully saturated rings. The van der Waals surface area contributed by atoms with E-state index in [-0.39, 0.29) is 17.8 Å². The van der Waals surface area contributed by atoms with Crippen LogP contribution in [0, 0.1) is 0 Å². The minimum atomic E-state index is -0.395. The molecule has 3 rings (SSSR count). The summed E-state index contributed by atoms with van der Waals surface area (Å²) in [5, 5.41) is 12.5. The molecule has 0 aliphatic heterocycles. The number of allylic oxidation sites excluding steroid dienone is 1. The number of nitrogens with one attached hydrogen (secondary N) is 2. The van der Waals surface area contributed by atoms with Crippen molar-refractivity contribution in [3.8, 4) is 0 Å². The summed E-state index contributed by atoms with van der Waals surface area (Å²) in [4.78, 5) is 35.8. The van der Waals surface area contributed by atoms with Crippen LogP contribution >= 0.6 is 0 Å². The largest absolute Gasteiger partial charge is 0.396 e. The molecule has 0 aliphatic rings. The van der Waals surface area contributed by atoms with Gasteiger partial charge in [-0.15, -0.1) is 0 Å². The molecular formula is C18H19N5O3. The Morgan fingerprint density at radius 3 is 2.88 bits per heavy atom. The number of imidazole rings is 1. The lowest BCUT2D eigenvalue weighted by Gasteiger charge is -2.08. The van der Waals surface area contributed by atoms with Crippen LogP contribution in [-0.2, 0) is 16.1 Å². The molecule has 0 saturated carbocycles. The molecule has 1 amide bonds. The number of aldehydes is 1. The normalized spacial score (nSPS) is 12.1. The van der Waals surface area contributed by atoms with Crippen molar-refractivity contribution in [3.05, 3.63) is 48.3 Å². The molecule has 0 radical (unpaired) electrons. The number of H-pyrrole nitrogens is 1. The molecule has 134 valence electrons. The Kier molecular flexibility index (Phi) is 5.23. The fourth-order valence-corrected chi connectivity index (χ4v) is 2.89. The summed E-state index contributed by atoms with van der Waals surface area (Å²) in [6.45, 7) is 0.591. The lowest BCUT2D eigenvalue weighted by molar-refractivity contribution is -0.115. The van der Waals surface area contributed by atoms with Crippen LogP contribution in [0.1, 0.15) is 17.8 Å². The number of rotatable bonds is 7. The number of hydrogen-bond acceptors (Lipinski definition) is 5. The molecule has 0 aromatic carbocycles. The third kappa shape index (κ3) is 3.14. The van der Waals surface area contributed by atoms with E-state index in [9.17, 15) is 9.59 Å². The topological polar surface area (TPSA) is 113 Å². The number of likely N-dealkylation sites (N-methyl/N-ethyl adjacent to an activating group) is 1. The summed E-state index contributed by atoms with van der Waals surface area (Å²) in [6.07, 6.45) is 7.73. The van der Waals surface area contributed by atoms with Crippen LogP contribution in [0.2, 0.25) is 0 Å². The summed E-state index contributed by atoms with van der Waals surface area (Å²) < 4.78 is 1.87. The van der Waals surface area contributed by atoms with Gasteiger partial charge in [-0.3, -0.25) is 9.59 Å². The second-order valence-electron chi connectivity index (χ2n) is 5.61. The van der Waals surface area contributed by atoms with E-state index < -0.39 is 5.91 Å². The van der Waals surface area contributed by atoms with Crippen molar-refractivity contribution in [1.29, 1.82) is 0 Å². The number of aromatic amines is 1. The molecule has 8 heteroatoms. The molecule has 0 spiro atoms. The Hall–Kier alpha value is -3.26. The predicted molar refractivity (Wildman–Crippen MR) is 97.0 cm³/mol. The van der Waals surface area contributed by atoms with E-state index in [1.807, 2.05) is 10.6 Å². The Bertz CT molecular complexity index is 957. The van der Waals surface area contributed by atoms with Crippen LogP contribution in [0.15, 0.2) is 36.9 Å². The molecule has 8 nitrogen and oxygen atoms in total. The number of aryl methyl sites for hydroxylation is 1. The van der Waals surface area contributed by atoms with E-state index >= 15 is 0 Å². The van der Waals surface area contributed by atoms with Gasteiger partial charge in [0.05, 0.1) is 11.1 Å². The van der Waals surface area contributed by atoms with Crippen LogP contribution in [-0.4, -0.2) is 50.5 Å². The van der Waals surface area contributed by atoms with Crippen LogP contribution in [0.25, 0.3) is 22.2 Å². The Morgan fingerprint density at radius 1 is 1.38 bits per heavy atom. The smallest absolute Gasteiger partial charge is 0.252 e. The van der Waals surface area contributed by atoms with Crippen molar-refractivity contribution in [1.82, 2.24) is 24.8 Å². The third-order valence-electron chi connectivity index (χ3n) is 4.05. The number of amides is 1. The summed E-state index contributed by atoms with van der Waals surface area (Å²) in [5.41, 5.74) is 1.66. The van der Waals surface area contributed by atoms with Crippen molar-refractivity contribution in [3.63, 3.8) is 0 Å². The molecule has 3 heterocycles. The highest BCUT2D eigenvalue weighted by Gasteiger charge is 2.23. The van der Waals surface area contributed by atoms with Crippen molar-refractivity contribution in [2.24, 2.45) is 0 Å². The lowest BCUT2D eigenvalue weighted by Crippen LogP contribution is -2.21. The molecule has 0 bridgehead atoms. The van der Waals surface area contributed by atoms with Crippen molar-refractivity contribution < 1.29 is 14.7 Å². The molecule has 3 aromatic heterocycles. The van der Waals surface area contributed by atoms with E-state index in [0.29, 0.717) is 36.3 Å². The molecule has 0 saturated heterocycles. The maximum atomic E-state index is 12.6. The number of carbonyl (C=O) groups is 2. The molecule has 26 heavy (non-hydrogen) atoms. The van der Waals surface area contributed by atoms with Gasteiger partial charge in [0.2, 0.25) is 0 Å². The highest BCUT2D eigenvalue weighted by atomic mass is 16.3. The average Bonchev–Trinajstić information content (AvgIpc) is 3.32. The Labute approximate surface area is 149 Å². The number of carbonyl (C=O) groups excluding carboxylic acids is 2. The molecular weight excluding hydrogens is 334 g/mol. The lowest BCUT2D eigenvalue weighted by atomic mass is 9.99. The zero-order valence-electron chi connectivity index (χ0n) is 14.3. The van der Waals surface area contributed by atoms with Gasteiger partial charge in [0.1, 0.15) is 11.5 Å². The van der Waals surface area contributed by atoms with E-state index in [1.165, 1.54) is 13.2 Å². The second-order valence-corrected chi connectivity index (χ2v) is 5.61. The fourth-order valence-electron chi connectivity index (χ4n) is 2.89. The second kappa shape index (κ2) is 7.75. The number of aliphatic hydroxyl groups is 1. The van der Waals surface area contributed by atoms with Crippen LogP contribution in [0.3, 0.4) is 0 Å².